The van der Waals surface area contributed by atoms with Gasteiger partial charge in [-0.15, -0.1) is 0 Å². The average Bonchev–Trinajstić information content (AvgIpc) is 2.82. The van der Waals surface area contributed by atoms with Gasteiger partial charge in [0, 0.05) is 18.8 Å². The average molecular weight is 306 g/mol. The maximum atomic E-state index is 12.0. The lowest BCUT2D eigenvalue weighted by atomic mass is 10.1. The van der Waals surface area contributed by atoms with E-state index in [-0.39, 0.29) is 12.0 Å². The third-order valence-corrected chi connectivity index (χ3v) is 4.52. The van der Waals surface area contributed by atoms with Gasteiger partial charge in [-0.2, -0.15) is 0 Å². The first-order valence-corrected chi connectivity index (χ1v) is 7.78. The second-order valence-electron chi connectivity index (χ2n) is 5.30. The summed E-state index contributed by atoms with van der Waals surface area (Å²) in [6, 6.07) is 5.50. The number of nitrogens with zero attached hydrogens (tertiary/aromatic N) is 2. The molecule has 1 aromatic carbocycles. The molecule has 6 nitrogen and oxygen atoms in total. The van der Waals surface area contributed by atoms with Gasteiger partial charge in [0.05, 0.1) is 22.9 Å². The van der Waals surface area contributed by atoms with Crippen LogP contribution in [0.25, 0.3) is 10.2 Å². The van der Waals surface area contributed by atoms with Crippen molar-refractivity contribution in [2.45, 2.75) is 18.9 Å². The number of aromatic nitrogens is 1. The third-order valence-electron chi connectivity index (χ3n) is 3.58. The highest BCUT2D eigenvalue weighted by Crippen LogP contribution is 2.27. The number of anilines is 2. The van der Waals surface area contributed by atoms with Crippen molar-refractivity contribution in [2.75, 3.05) is 30.7 Å². The van der Waals surface area contributed by atoms with Gasteiger partial charge in [-0.3, -0.25) is 9.69 Å². The number of hydrogen-bond acceptors (Lipinski definition) is 6. The predicted molar refractivity (Wildman–Crippen MR) is 84.3 cm³/mol. The van der Waals surface area contributed by atoms with E-state index in [0.29, 0.717) is 17.4 Å². The first kappa shape index (κ1) is 14.2. The number of nitrogens with one attached hydrogen (secondary N) is 1. The smallest absolute Gasteiger partial charge is 0.240 e. The number of nitrogens with two attached hydrogens (primary N) is 1. The number of fused-ring (bicyclic) bond motifs is 1. The number of carbonyl (C=O) groups excluding carboxylic acids is 1. The first-order chi connectivity index (χ1) is 10.1. The van der Waals surface area contributed by atoms with Crippen LogP contribution in [0.5, 0.6) is 0 Å². The van der Waals surface area contributed by atoms with E-state index in [9.17, 15) is 9.90 Å². The number of rotatable bonds is 3. The highest BCUT2D eigenvalue weighted by atomic mass is 32.1. The standard InChI is InChI=1S/C14H18N4O2S/c15-9-1-2-11-12(7-9)21-14(16-11)17-13(20)8-18-5-3-10(19)4-6-18/h1-2,7,10,19H,3-6,8,15H2,(H,16,17,20). The Balaban J connectivity index is 1.60. The van der Waals surface area contributed by atoms with E-state index in [1.54, 1.807) is 6.07 Å². The topological polar surface area (TPSA) is 91.5 Å². The molecule has 1 aliphatic heterocycles. The number of thiazole rings is 1. The highest BCUT2D eigenvalue weighted by molar-refractivity contribution is 7.22. The number of benzene rings is 1. The van der Waals surface area contributed by atoms with Crippen LogP contribution in [0.4, 0.5) is 10.8 Å². The minimum Gasteiger partial charge on any atom is -0.399 e. The van der Waals surface area contributed by atoms with Gasteiger partial charge in [-0.1, -0.05) is 11.3 Å². The monoisotopic (exact) mass is 306 g/mol. The lowest BCUT2D eigenvalue weighted by Gasteiger charge is -2.28. The normalized spacial score (nSPS) is 17.2. The summed E-state index contributed by atoms with van der Waals surface area (Å²) in [5, 5.41) is 12.9. The number of hydrogen-bond donors (Lipinski definition) is 3. The molecule has 2 aromatic rings. The molecule has 1 fully saturated rings. The lowest BCUT2D eigenvalue weighted by Crippen LogP contribution is -2.40. The molecule has 21 heavy (non-hydrogen) atoms. The van der Waals surface area contributed by atoms with Gasteiger partial charge in [0.1, 0.15) is 0 Å². The van der Waals surface area contributed by atoms with E-state index in [1.807, 2.05) is 17.0 Å². The molecule has 0 radical (unpaired) electrons. The molecule has 0 aliphatic carbocycles. The lowest BCUT2D eigenvalue weighted by molar-refractivity contribution is -0.117. The highest BCUT2D eigenvalue weighted by Gasteiger charge is 2.19. The quantitative estimate of drug-likeness (QED) is 0.743. The second kappa shape index (κ2) is 5.97. The van der Waals surface area contributed by atoms with Gasteiger partial charge < -0.3 is 16.2 Å². The summed E-state index contributed by atoms with van der Waals surface area (Å²) in [4.78, 5) is 18.5. The Bertz CT molecular complexity index is 649. The summed E-state index contributed by atoms with van der Waals surface area (Å²) in [7, 11) is 0. The van der Waals surface area contributed by atoms with Crippen LogP contribution >= 0.6 is 11.3 Å². The van der Waals surface area contributed by atoms with Crippen molar-refractivity contribution in [3.8, 4) is 0 Å². The number of carbonyl (C=O) groups is 1. The molecular formula is C14H18N4O2S. The molecule has 0 atom stereocenters. The van der Waals surface area contributed by atoms with Crippen LogP contribution in [0.15, 0.2) is 18.2 Å². The first-order valence-electron chi connectivity index (χ1n) is 6.96. The molecule has 2 heterocycles. The summed E-state index contributed by atoms with van der Waals surface area (Å²) in [6.07, 6.45) is 1.24. The van der Waals surface area contributed by atoms with Gasteiger partial charge in [-0.05, 0) is 31.0 Å². The van der Waals surface area contributed by atoms with E-state index in [1.165, 1.54) is 11.3 Å². The zero-order chi connectivity index (χ0) is 14.8. The SMILES string of the molecule is Nc1ccc2nc(NC(=O)CN3CCC(O)CC3)sc2c1. The number of likely N-dealkylation sites (tertiary alicyclic amines) is 1. The van der Waals surface area contributed by atoms with Crippen molar-refractivity contribution in [1.29, 1.82) is 0 Å². The molecule has 0 bridgehead atoms. The van der Waals surface area contributed by atoms with E-state index >= 15 is 0 Å². The maximum absolute atomic E-state index is 12.0. The number of aliphatic hydroxyl groups is 1. The van der Waals surface area contributed by atoms with Crippen LogP contribution in [0.3, 0.4) is 0 Å². The predicted octanol–water partition coefficient (Wildman–Crippen LogP) is 1.27. The number of aliphatic hydroxyl groups excluding tert-OH is 1. The Hall–Kier alpha value is -1.70. The fourth-order valence-corrected chi connectivity index (χ4v) is 3.36. The van der Waals surface area contributed by atoms with Crippen molar-refractivity contribution < 1.29 is 9.90 Å². The van der Waals surface area contributed by atoms with E-state index < -0.39 is 0 Å². The van der Waals surface area contributed by atoms with Crippen molar-refractivity contribution in [2.24, 2.45) is 0 Å². The number of amides is 1. The van der Waals surface area contributed by atoms with Crippen LogP contribution in [0.2, 0.25) is 0 Å². The molecule has 3 rings (SSSR count). The Labute approximate surface area is 126 Å². The number of piperidine rings is 1. The van der Waals surface area contributed by atoms with Crippen LogP contribution in [0.1, 0.15) is 12.8 Å². The Morgan fingerprint density at radius 1 is 1.48 bits per heavy atom. The molecule has 0 unspecified atom stereocenters. The maximum Gasteiger partial charge on any atom is 0.240 e. The Kier molecular flexibility index (Phi) is 4.05. The van der Waals surface area contributed by atoms with Crippen LogP contribution in [0, 0.1) is 0 Å². The molecule has 1 amide bonds. The molecule has 0 saturated carbocycles. The summed E-state index contributed by atoms with van der Waals surface area (Å²) in [6.45, 7) is 1.85. The molecule has 0 spiro atoms. The van der Waals surface area contributed by atoms with Gasteiger partial charge in [0.2, 0.25) is 5.91 Å². The van der Waals surface area contributed by atoms with Crippen LogP contribution < -0.4 is 11.1 Å². The zero-order valence-corrected chi connectivity index (χ0v) is 12.4. The molecule has 7 heteroatoms. The van der Waals surface area contributed by atoms with Gasteiger partial charge in [0.15, 0.2) is 5.13 Å². The third kappa shape index (κ3) is 3.49. The summed E-state index contributed by atoms with van der Waals surface area (Å²) in [5.41, 5.74) is 7.26. The molecule has 1 saturated heterocycles. The second-order valence-corrected chi connectivity index (χ2v) is 6.33. The number of nitrogen functional groups attached to an aromatic ring is 1. The fraction of sp³-hybridized carbons (Fsp3) is 0.429. The van der Waals surface area contributed by atoms with Gasteiger partial charge >= 0.3 is 0 Å². The van der Waals surface area contributed by atoms with Crippen LogP contribution in [-0.4, -0.2) is 46.6 Å². The molecule has 1 aromatic heterocycles. The van der Waals surface area contributed by atoms with Crippen LogP contribution in [-0.2, 0) is 4.79 Å². The summed E-state index contributed by atoms with van der Waals surface area (Å²) in [5.74, 6) is -0.0709. The fourth-order valence-electron chi connectivity index (χ4n) is 2.43. The minimum absolute atomic E-state index is 0.0709. The summed E-state index contributed by atoms with van der Waals surface area (Å²) < 4.78 is 0.964. The Morgan fingerprint density at radius 3 is 3.00 bits per heavy atom. The summed E-state index contributed by atoms with van der Waals surface area (Å²) >= 11 is 1.42. The molecule has 1 aliphatic rings. The van der Waals surface area contributed by atoms with Crippen molar-refractivity contribution >= 4 is 38.3 Å². The Morgan fingerprint density at radius 2 is 2.24 bits per heavy atom. The molecule has 112 valence electrons. The van der Waals surface area contributed by atoms with Gasteiger partial charge in [-0.25, -0.2) is 4.98 Å². The van der Waals surface area contributed by atoms with Gasteiger partial charge in [0.25, 0.3) is 0 Å². The van der Waals surface area contributed by atoms with E-state index in [0.717, 1.165) is 36.1 Å². The minimum atomic E-state index is -0.223. The zero-order valence-electron chi connectivity index (χ0n) is 11.6. The van der Waals surface area contributed by atoms with Crippen molar-refractivity contribution in [3.63, 3.8) is 0 Å². The van der Waals surface area contributed by atoms with E-state index in [2.05, 4.69) is 10.3 Å². The molecular weight excluding hydrogens is 288 g/mol. The van der Waals surface area contributed by atoms with Crippen molar-refractivity contribution in [1.82, 2.24) is 9.88 Å². The van der Waals surface area contributed by atoms with Crippen molar-refractivity contribution in [3.05, 3.63) is 18.2 Å². The van der Waals surface area contributed by atoms with E-state index in [4.69, 9.17) is 5.73 Å². The molecule has 4 N–H and O–H groups in total. The largest absolute Gasteiger partial charge is 0.399 e.